The molecule has 10 heteroatoms. The van der Waals surface area contributed by atoms with Gasteiger partial charge in [0.2, 0.25) is 11.8 Å². The van der Waals surface area contributed by atoms with Crippen LogP contribution in [0.15, 0.2) is 36.4 Å². The van der Waals surface area contributed by atoms with Crippen LogP contribution in [0, 0.1) is 5.92 Å². The van der Waals surface area contributed by atoms with Crippen LogP contribution in [0.2, 0.25) is 0 Å². The van der Waals surface area contributed by atoms with Gasteiger partial charge in [-0.2, -0.15) is 0 Å². The molecule has 2 rings (SSSR count). The number of nitrogens with zero attached hydrogens (tertiary/aromatic N) is 1. The molecule has 0 spiro atoms. The van der Waals surface area contributed by atoms with E-state index in [1.165, 1.54) is 24.1 Å². The summed E-state index contributed by atoms with van der Waals surface area (Å²) in [4.78, 5) is 52.3. The Kier molecular flexibility index (Phi) is 11.8. The summed E-state index contributed by atoms with van der Waals surface area (Å²) >= 11 is 0. The minimum Gasteiger partial charge on any atom is -0.508 e. The number of esters is 1. The normalized spacial score (nSPS) is 17.1. The van der Waals surface area contributed by atoms with Crippen molar-refractivity contribution < 1.29 is 33.8 Å². The number of amides is 3. The molecular formula is C29H43N3O7. The second-order valence-electron chi connectivity index (χ2n) is 11.2. The maximum Gasteiger partial charge on any atom is 0.408 e. The van der Waals surface area contributed by atoms with Crippen LogP contribution in [0.4, 0.5) is 4.79 Å². The summed E-state index contributed by atoms with van der Waals surface area (Å²) < 4.78 is 10.2. The number of hydrogen-bond acceptors (Lipinski definition) is 7. The molecule has 1 saturated heterocycles. The Balaban J connectivity index is 2.01. The highest BCUT2D eigenvalue weighted by Crippen LogP contribution is 2.20. The first kappa shape index (κ1) is 31.7. The molecule has 1 aliphatic heterocycles. The molecule has 1 heterocycles. The van der Waals surface area contributed by atoms with E-state index in [1.54, 1.807) is 45.1 Å². The zero-order valence-electron chi connectivity index (χ0n) is 23.9. The number of carbonyl (C=O) groups excluding carboxylic acids is 4. The van der Waals surface area contributed by atoms with Crippen molar-refractivity contribution in [3.8, 4) is 5.75 Å². The van der Waals surface area contributed by atoms with Gasteiger partial charge in [0.05, 0.1) is 13.2 Å². The molecule has 3 atom stereocenters. The quantitative estimate of drug-likeness (QED) is 0.286. The van der Waals surface area contributed by atoms with Crippen LogP contribution in [0.3, 0.4) is 0 Å². The number of aromatic hydroxyl groups is 1. The van der Waals surface area contributed by atoms with Crippen LogP contribution in [0.1, 0.15) is 65.9 Å². The molecule has 1 aromatic rings. The van der Waals surface area contributed by atoms with E-state index in [0.717, 1.165) is 5.56 Å². The van der Waals surface area contributed by atoms with Gasteiger partial charge in [-0.05, 0) is 63.6 Å². The van der Waals surface area contributed by atoms with Crippen LogP contribution in [-0.2, 0) is 30.3 Å². The number of phenolic OH excluding ortho intramolecular Hbond substituents is 1. The lowest BCUT2D eigenvalue weighted by molar-refractivity contribution is -0.146. The molecule has 0 aromatic heterocycles. The molecule has 0 aliphatic carbocycles. The van der Waals surface area contributed by atoms with E-state index in [2.05, 4.69) is 10.6 Å². The topological polar surface area (TPSA) is 134 Å². The summed E-state index contributed by atoms with van der Waals surface area (Å²) in [5.74, 6) is -0.811. The fourth-order valence-electron chi connectivity index (χ4n) is 4.41. The minimum atomic E-state index is -0.930. The molecule has 10 nitrogen and oxygen atoms in total. The van der Waals surface area contributed by atoms with Crippen molar-refractivity contribution in [3.05, 3.63) is 42.0 Å². The van der Waals surface area contributed by atoms with Crippen molar-refractivity contribution in [2.75, 3.05) is 13.7 Å². The van der Waals surface area contributed by atoms with Crippen LogP contribution < -0.4 is 10.6 Å². The Morgan fingerprint density at radius 3 is 2.38 bits per heavy atom. The van der Waals surface area contributed by atoms with E-state index in [4.69, 9.17) is 9.47 Å². The monoisotopic (exact) mass is 545 g/mol. The highest BCUT2D eigenvalue weighted by molar-refractivity contribution is 5.91. The zero-order valence-corrected chi connectivity index (χ0v) is 23.9. The van der Waals surface area contributed by atoms with E-state index in [1.807, 2.05) is 13.8 Å². The molecule has 0 saturated carbocycles. The van der Waals surface area contributed by atoms with E-state index in [9.17, 15) is 24.3 Å². The third-order valence-corrected chi connectivity index (χ3v) is 6.14. The average Bonchev–Trinajstić information content (AvgIpc) is 3.33. The van der Waals surface area contributed by atoms with Gasteiger partial charge in [0.15, 0.2) is 0 Å². The number of ether oxygens (including phenoxy) is 2. The Labute approximate surface area is 231 Å². The summed E-state index contributed by atoms with van der Waals surface area (Å²) in [6.45, 7) is 9.90. The number of hydrogen-bond donors (Lipinski definition) is 3. The van der Waals surface area contributed by atoms with Crippen molar-refractivity contribution in [2.24, 2.45) is 5.92 Å². The predicted octanol–water partition coefficient (Wildman–Crippen LogP) is 3.47. The summed E-state index contributed by atoms with van der Waals surface area (Å²) in [6, 6.07) is 4.42. The van der Waals surface area contributed by atoms with Gasteiger partial charge in [0, 0.05) is 19.4 Å². The summed E-state index contributed by atoms with van der Waals surface area (Å²) in [6.07, 6.45) is 5.07. The first-order valence-electron chi connectivity index (χ1n) is 13.4. The lowest BCUT2D eigenvalue weighted by Gasteiger charge is -2.26. The fourth-order valence-corrected chi connectivity index (χ4v) is 4.41. The summed E-state index contributed by atoms with van der Waals surface area (Å²) in [7, 11) is 1.25. The number of likely N-dealkylation sites (tertiary alicyclic amines) is 1. The van der Waals surface area contributed by atoms with Crippen molar-refractivity contribution in [2.45, 2.75) is 90.4 Å². The maximum atomic E-state index is 13.1. The third kappa shape index (κ3) is 11.0. The van der Waals surface area contributed by atoms with Gasteiger partial charge in [0.25, 0.3) is 0 Å². The molecule has 0 bridgehead atoms. The van der Waals surface area contributed by atoms with E-state index < -0.39 is 35.7 Å². The second kappa shape index (κ2) is 14.6. The van der Waals surface area contributed by atoms with Crippen LogP contribution in [-0.4, -0.2) is 71.3 Å². The van der Waals surface area contributed by atoms with E-state index in [0.29, 0.717) is 31.7 Å². The van der Waals surface area contributed by atoms with Crippen molar-refractivity contribution in [3.63, 3.8) is 0 Å². The van der Waals surface area contributed by atoms with Gasteiger partial charge in [-0.1, -0.05) is 38.1 Å². The molecular weight excluding hydrogens is 502 g/mol. The Hall–Kier alpha value is -3.56. The maximum absolute atomic E-state index is 13.1. The first-order chi connectivity index (χ1) is 18.3. The highest BCUT2D eigenvalue weighted by Gasteiger charge is 2.35. The van der Waals surface area contributed by atoms with Gasteiger partial charge in [-0.3, -0.25) is 9.59 Å². The van der Waals surface area contributed by atoms with Gasteiger partial charge >= 0.3 is 12.1 Å². The number of carbonyl (C=O) groups is 4. The molecule has 216 valence electrons. The number of benzene rings is 1. The minimum absolute atomic E-state index is 0.0717. The van der Waals surface area contributed by atoms with Gasteiger partial charge in [-0.15, -0.1) is 0 Å². The standard InChI is InChI=1S/C29H43N3O7/c1-19(2)17-21(30-28(37)39-29(3,4)5)9-7-11-25(34)32-16-8-10-24(32)26(35)31-23(27(36)38-6)18-20-12-14-22(33)15-13-20/h7,9,12-15,19,21,23-24,33H,8,10-11,16-18H2,1-6H3,(H,30,37)(H,31,35)/b9-7+/t21-,23+,24+/m1/s1. The largest absolute Gasteiger partial charge is 0.508 e. The van der Waals surface area contributed by atoms with E-state index >= 15 is 0 Å². The number of alkyl carbamates (subject to hydrolysis) is 1. The molecule has 0 unspecified atom stereocenters. The third-order valence-electron chi connectivity index (χ3n) is 6.14. The highest BCUT2D eigenvalue weighted by atomic mass is 16.6. The predicted molar refractivity (Wildman–Crippen MR) is 147 cm³/mol. The van der Waals surface area contributed by atoms with Crippen LogP contribution in [0.5, 0.6) is 5.75 Å². The van der Waals surface area contributed by atoms with Gasteiger partial charge < -0.3 is 30.1 Å². The number of phenols is 1. The number of methoxy groups -OCH3 is 1. The lowest BCUT2D eigenvalue weighted by Crippen LogP contribution is -2.51. The Morgan fingerprint density at radius 1 is 1.13 bits per heavy atom. The Morgan fingerprint density at radius 2 is 1.79 bits per heavy atom. The molecule has 39 heavy (non-hydrogen) atoms. The second-order valence-corrected chi connectivity index (χ2v) is 11.2. The summed E-state index contributed by atoms with van der Waals surface area (Å²) in [5.41, 5.74) is 0.123. The van der Waals surface area contributed by atoms with Crippen LogP contribution in [0.25, 0.3) is 0 Å². The molecule has 1 fully saturated rings. The molecule has 1 aliphatic rings. The fraction of sp³-hybridized carbons (Fsp3) is 0.586. The Bertz CT molecular complexity index is 1010. The van der Waals surface area contributed by atoms with Crippen molar-refractivity contribution in [1.29, 1.82) is 0 Å². The smallest absolute Gasteiger partial charge is 0.408 e. The van der Waals surface area contributed by atoms with Crippen molar-refractivity contribution in [1.82, 2.24) is 15.5 Å². The SMILES string of the molecule is COC(=O)[C@H](Cc1ccc(O)cc1)NC(=O)[C@@H]1CCCN1C(=O)C/C=C/[C@H](CC(C)C)NC(=O)OC(C)(C)C. The van der Waals surface area contributed by atoms with E-state index in [-0.39, 0.29) is 30.5 Å². The summed E-state index contributed by atoms with van der Waals surface area (Å²) in [5, 5.41) is 15.1. The number of rotatable bonds is 11. The van der Waals surface area contributed by atoms with Crippen molar-refractivity contribution >= 4 is 23.9 Å². The first-order valence-corrected chi connectivity index (χ1v) is 13.4. The zero-order chi connectivity index (χ0) is 29.2. The molecule has 3 N–H and O–H groups in total. The van der Waals surface area contributed by atoms with Gasteiger partial charge in [0.1, 0.15) is 23.4 Å². The molecule has 1 aromatic carbocycles. The average molecular weight is 546 g/mol. The lowest BCUT2D eigenvalue weighted by atomic mass is 10.0. The number of nitrogens with one attached hydrogen (secondary N) is 2. The van der Waals surface area contributed by atoms with Gasteiger partial charge in [-0.25, -0.2) is 9.59 Å². The molecule has 3 amide bonds. The van der Waals surface area contributed by atoms with Crippen LogP contribution >= 0.6 is 0 Å². The molecule has 0 radical (unpaired) electrons.